The van der Waals surface area contributed by atoms with Crippen LogP contribution < -0.4 is 0 Å². The summed E-state index contributed by atoms with van der Waals surface area (Å²) in [6, 6.07) is 0. The highest BCUT2D eigenvalue weighted by atomic mass is 16.1. The molecule has 0 rings (SSSR count). The van der Waals surface area contributed by atoms with Crippen LogP contribution in [-0.4, -0.2) is 11.6 Å². The van der Waals surface area contributed by atoms with Crippen LogP contribution in [-0.2, 0) is 9.59 Å². The van der Waals surface area contributed by atoms with E-state index in [1.165, 1.54) is 12.2 Å². The van der Waals surface area contributed by atoms with E-state index in [0.717, 1.165) is 0 Å². The second-order valence-electron chi connectivity index (χ2n) is 6.51. The van der Waals surface area contributed by atoms with Crippen molar-refractivity contribution in [1.82, 2.24) is 0 Å². The van der Waals surface area contributed by atoms with Crippen molar-refractivity contribution < 1.29 is 9.59 Å². The van der Waals surface area contributed by atoms with Crippen LogP contribution in [0.25, 0.3) is 0 Å². The number of hydrogen-bond acceptors (Lipinski definition) is 2. The van der Waals surface area contributed by atoms with Crippen molar-refractivity contribution in [2.75, 3.05) is 0 Å². The minimum atomic E-state index is -0.136. The van der Waals surface area contributed by atoms with Gasteiger partial charge < -0.3 is 0 Å². The Balaban J connectivity index is 4.29. The van der Waals surface area contributed by atoms with Gasteiger partial charge in [-0.15, -0.1) is 0 Å². The average Bonchev–Trinajstić information content (AvgIpc) is 2.09. The van der Waals surface area contributed by atoms with Crippen molar-refractivity contribution in [1.29, 1.82) is 0 Å². The first-order chi connectivity index (χ1) is 7.49. The molecular weight excluding hydrogens is 212 g/mol. The van der Waals surface area contributed by atoms with E-state index in [2.05, 4.69) is 0 Å². The van der Waals surface area contributed by atoms with Gasteiger partial charge in [-0.3, -0.25) is 9.59 Å². The van der Waals surface area contributed by atoms with Gasteiger partial charge in [-0.05, 0) is 23.0 Å². The maximum Gasteiger partial charge on any atom is 0.163 e. The molecule has 0 saturated carbocycles. The topological polar surface area (TPSA) is 34.1 Å². The number of rotatable bonds is 4. The monoisotopic (exact) mass is 236 g/mol. The van der Waals surface area contributed by atoms with Crippen molar-refractivity contribution in [2.45, 2.75) is 48.0 Å². The van der Waals surface area contributed by atoms with Crippen LogP contribution in [0.2, 0.25) is 0 Å². The summed E-state index contributed by atoms with van der Waals surface area (Å²) in [4.78, 5) is 23.0. The van der Waals surface area contributed by atoms with Gasteiger partial charge in [-0.2, -0.15) is 0 Å². The molecule has 0 atom stereocenters. The van der Waals surface area contributed by atoms with Crippen molar-refractivity contribution in [2.24, 2.45) is 10.8 Å². The number of ketones is 2. The molecule has 0 aromatic carbocycles. The SMILES string of the molecule is CC(C)(C)/C=C/C(=O)CC(=O)/C=C/C(C)(C)C. The van der Waals surface area contributed by atoms with Gasteiger partial charge in [0.15, 0.2) is 11.6 Å². The molecule has 0 aliphatic rings. The lowest BCUT2D eigenvalue weighted by molar-refractivity contribution is -0.122. The summed E-state index contributed by atoms with van der Waals surface area (Å²) in [6.07, 6.45) is 6.62. The van der Waals surface area contributed by atoms with E-state index in [1.807, 2.05) is 53.7 Å². The molecule has 2 heteroatoms. The summed E-state index contributed by atoms with van der Waals surface area (Å²) >= 11 is 0. The largest absolute Gasteiger partial charge is 0.294 e. The second-order valence-corrected chi connectivity index (χ2v) is 6.51. The zero-order valence-electron chi connectivity index (χ0n) is 11.8. The zero-order chi connectivity index (χ0) is 13.7. The lowest BCUT2D eigenvalue weighted by Crippen LogP contribution is -2.07. The molecule has 0 amide bonds. The van der Waals surface area contributed by atoms with Crippen LogP contribution in [0.5, 0.6) is 0 Å². The molecule has 2 nitrogen and oxygen atoms in total. The number of carbonyl (C=O) groups is 2. The average molecular weight is 236 g/mol. The second kappa shape index (κ2) is 5.95. The van der Waals surface area contributed by atoms with Crippen LogP contribution in [0.4, 0.5) is 0 Å². The highest BCUT2D eigenvalue weighted by molar-refractivity contribution is 6.08. The van der Waals surface area contributed by atoms with Gasteiger partial charge in [0.25, 0.3) is 0 Å². The van der Waals surface area contributed by atoms with E-state index in [9.17, 15) is 9.59 Å². The van der Waals surface area contributed by atoms with Crippen LogP contribution >= 0.6 is 0 Å². The van der Waals surface area contributed by atoms with Crippen LogP contribution in [0.3, 0.4) is 0 Å². The van der Waals surface area contributed by atoms with Crippen LogP contribution in [0.1, 0.15) is 48.0 Å². The third kappa shape index (κ3) is 11.1. The summed E-state index contributed by atoms with van der Waals surface area (Å²) in [5, 5.41) is 0. The van der Waals surface area contributed by atoms with Crippen molar-refractivity contribution >= 4 is 11.6 Å². The van der Waals surface area contributed by atoms with Crippen molar-refractivity contribution in [3.63, 3.8) is 0 Å². The van der Waals surface area contributed by atoms with Gasteiger partial charge in [0, 0.05) is 0 Å². The Morgan fingerprint density at radius 1 is 0.765 bits per heavy atom. The molecular formula is C15H24O2. The van der Waals surface area contributed by atoms with Crippen LogP contribution in [0, 0.1) is 10.8 Å². The molecule has 0 saturated heterocycles. The highest BCUT2D eigenvalue weighted by Crippen LogP contribution is 2.15. The molecule has 0 unspecified atom stereocenters. The Labute approximate surface area is 105 Å². The first-order valence-corrected chi connectivity index (χ1v) is 5.94. The van der Waals surface area contributed by atoms with Crippen molar-refractivity contribution in [3.8, 4) is 0 Å². The standard InChI is InChI=1S/C15H24O2/c1-14(2,3)9-7-12(16)11-13(17)8-10-15(4,5)6/h7-10H,11H2,1-6H3/b9-7+,10-8+. The molecule has 0 fully saturated rings. The zero-order valence-corrected chi connectivity index (χ0v) is 11.8. The van der Waals surface area contributed by atoms with Gasteiger partial charge in [0.2, 0.25) is 0 Å². The lowest BCUT2D eigenvalue weighted by Gasteiger charge is -2.11. The number of hydrogen-bond donors (Lipinski definition) is 0. The maximum absolute atomic E-state index is 11.5. The summed E-state index contributed by atoms with van der Waals surface area (Å²) in [7, 11) is 0. The molecule has 0 aromatic heterocycles. The third-order valence-electron chi connectivity index (χ3n) is 1.89. The van der Waals surface area contributed by atoms with E-state index >= 15 is 0 Å². The Hall–Kier alpha value is -1.18. The van der Waals surface area contributed by atoms with Crippen molar-refractivity contribution in [3.05, 3.63) is 24.3 Å². The van der Waals surface area contributed by atoms with E-state index in [4.69, 9.17) is 0 Å². The Bertz CT molecular complexity index is 299. The summed E-state index contributed by atoms with van der Waals surface area (Å²) in [6.45, 7) is 12.1. The molecule has 0 radical (unpaired) electrons. The molecule has 96 valence electrons. The fourth-order valence-electron chi connectivity index (χ4n) is 0.975. The molecule has 0 N–H and O–H groups in total. The summed E-state index contributed by atoms with van der Waals surface area (Å²) in [5.41, 5.74) is -0.0556. The molecule has 17 heavy (non-hydrogen) atoms. The molecule has 0 bridgehead atoms. The fourth-order valence-corrected chi connectivity index (χ4v) is 0.975. The molecule has 0 heterocycles. The quantitative estimate of drug-likeness (QED) is 0.550. The summed E-state index contributed by atoms with van der Waals surface area (Å²) < 4.78 is 0. The summed E-state index contributed by atoms with van der Waals surface area (Å²) in [5.74, 6) is -0.271. The Morgan fingerprint density at radius 3 is 1.29 bits per heavy atom. The predicted molar refractivity (Wildman–Crippen MR) is 71.8 cm³/mol. The van der Waals surface area contributed by atoms with E-state index in [-0.39, 0.29) is 28.8 Å². The smallest absolute Gasteiger partial charge is 0.163 e. The third-order valence-corrected chi connectivity index (χ3v) is 1.89. The number of allylic oxidation sites excluding steroid dienone is 4. The van der Waals surface area contributed by atoms with Gasteiger partial charge in [-0.25, -0.2) is 0 Å². The lowest BCUT2D eigenvalue weighted by atomic mass is 9.94. The van der Waals surface area contributed by atoms with Gasteiger partial charge >= 0.3 is 0 Å². The number of carbonyl (C=O) groups excluding carboxylic acids is 2. The minimum Gasteiger partial charge on any atom is -0.294 e. The normalized spacial score (nSPS) is 13.5. The molecule has 0 aromatic rings. The molecule has 0 spiro atoms. The van der Waals surface area contributed by atoms with Gasteiger partial charge in [0.05, 0.1) is 6.42 Å². The maximum atomic E-state index is 11.5. The molecule has 0 aliphatic heterocycles. The minimum absolute atomic E-state index is 0.0278. The Kier molecular flexibility index (Phi) is 5.53. The van der Waals surface area contributed by atoms with Gasteiger partial charge in [-0.1, -0.05) is 53.7 Å². The van der Waals surface area contributed by atoms with Gasteiger partial charge in [0.1, 0.15) is 0 Å². The van der Waals surface area contributed by atoms with E-state index in [0.29, 0.717) is 0 Å². The molecule has 0 aliphatic carbocycles. The highest BCUT2D eigenvalue weighted by Gasteiger charge is 2.09. The first-order valence-electron chi connectivity index (χ1n) is 5.94. The van der Waals surface area contributed by atoms with E-state index in [1.54, 1.807) is 0 Å². The van der Waals surface area contributed by atoms with Crippen LogP contribution in [0.15, 0.2) is 24.3 Å². The predicted octanol–water partition coefficient (Wildman–Crippen LogP) is 3.72. The fraction of sp³-hybridized carbons (Fsp3) is 0.600. The van der Waals surface area contributed by atoms with E-state index < -0.39 is 0 Å². The Morgan fingerprint density at radius 2 is 1.06 bits per heavy atom. The first kappa shape index (κ1) is 15.8.